The lowest BCUT2D eigenvalue weighted by molar-refractivity contribution is -0.128. The fourth-order valence-electron chi connectivity index (χ4n) is 2.13. The summed E-state index contributed by atoms with van der Waals surface area (Å²) in [5, 5.41) is 2.66. The van der Waals surface area contributed by atoms with E-state index in [4.69, 9.17) is 5.84 Å². The third-order valence-corrected chi connectivity index (χ3v) is 3.03. The van der Waals surface area contributed by atoms with Crippen LogP contribution in [0.5, 0.6) is 0 Å². The summed E-state index contributed by atoms with van der Waals surface area (Å²) in [5.74, 6) is 5.90. The number of aromatic nitrogens is 2. The van der Waals surface area contributed by atoms with E-state index in [9.17, 15) is 9.59 Å². The maximum absolute atomic E-state index is 12.1. The number of hydrazine groups is 1. The minimum atomic E-state index is -0.440. The first-order chi connectivity index (χ1) is 9.55. The van der Waals surface area contributed by atoms with Crippen LogP contribution in [0.3, 0.4) is 0 Å². The maximum Gasteiger partial charge on any atom is 0.325 e. The SMILES string of the molecule is CCCC1NC(=O)N(Cc2nc(C)cc(NN)n2)C1=O. The minimum absolute atomic E-state index is 0.0429. The first kappa shape index (κ1) is 14.2. The third-order valence-electron chi connectivity index (χ3n) is 3.03. The molecule has 1 unspecified atom stereocenters. The van der Waals surface area contributed by atoms with Crippen molar-refractivity contribution in [2.75, 3.05) is 5.43 Å². The van der Waals surface area contributed by atoms with Crippen molar-refractivity contribution < 1.29 is 9.59 Å². The molecule has 0 saturated carbocycles. The van der Waals surface area contributed by atoms with Gasteiger partial charge in [-0.15, -0.1) is 0 Å². The number of rotatable bonds is 5. The highest BCUT2D eigenvalue weighted by molar-refractivity contribution is 6.04. The number of anilines is 1. The van der Waals surface area contributed by atoms with Crippen molar-refractivity contribution in [3.8, 4) is 0 Å². The predicted octanol–water partition coefficient (Wildman–Crippen LogP) is 0.291. The van der Waals surface area contributed by atoms with Gasteiger partial charge in [0.1, 0.15) is 11.9 Å². The van der Waals surface area contributed by atoms with Crippen molar-refractivity contribution in [2.24, 2.45) is 5.84 Å². The number of urea groups is 1. The largest absolute Gasteiger partial charge is 0.326 e. The fraction of sp³-hybridized carbons (Fsp3) is 0.500. The van der Waals surface area contributed by atoms with E-state index in [1.807, 2.05) is 6.92 Å². The van der Waals surface area contributed by atoms with Gasteiger partial charge in [0.15, 0.2) is 5.82 Å². The molecule has 1 saturated heterocycles. The Balaban J connectivity index is 2.15. The molecule has 1 aliphatic heterocycles. The van der Waals surface area contributed by atoms with Gasteiger partial charge < -0.3 is 10.7 Å². The Morgan fingerprint density at radius 1 is 1.45 bits per heavy atom. The first-order valence-electron chi connectivity index (χ1n) is 6.48. The van der Waals surface area contributed by atoms with Crippen LogP contribution in [0, 0.1) is 6.92 Å². The zero-order valence-corrected chi connectivity index (χ0v) is 11.5. The highest BCUT2D eigenvalue weighted by Gasteiger charge is 2.37. The van der Waals surface area contributed by atoms with Crippen molar-refractivity contribution in [1.82, 2.24) is 20.2 Å². The summed E-state index contributed by atoms with van der Waals surface area (Å²) in [5.41, 5.74) is 3.14. The quantitative estimate of drug-likeness (QED) is 0.405. The smallest absolute Gasteiger partial charge is 0.325 e. The molecule has 1 aromatic heterocycles. The molecular formula is C12H18N6O2. The van der Waals surface area contributed by atoms with E-state index in [0.717, 1.165) is 11.3 Å². The van der Waals surface area contributed by atoms with Gasteiger partial charge in [-0.3, -0.25) is 9.69 Å². The number of aryl methyl sites for hydroxylation is 1. The highest BCUT2D eigenvalue weighted by atomic mass is 16.2. The van der Waals surface area contributed by atoms with E-state index in [1.54, 1.807) is 13.0 Å². The number of imide groups is 1. The van der Waals surface area contributed by atoms with E-state index in [2.05, 4.69) is 20.7 Å². The number of hydrogen-bond donors (Lipinski definition) is 3. The van der Waals surface area contributed by atoms with Crippen LogP contribution in [-0.4, -0.2) is 32.8 Å². The Hall–Kier alpha value is -2.22. The molecule has 2 heterocycles. The summed E-state index contributed by atoms with van der Waals surface area (Å²) < 4.78 is 0. The predicted molar refractivity (Wildman–Crippen MR) is 72.4 cm³/mol. The Bertz CT molecular complexity index is 533. The van der Waals surface area contributed by atoms with Crippen LogP contribution in [0.1, 0.15) is 31.3 Å². The molecule has 8 heteroatoms. The molecule has 20 heavy (non-hydrogen) atoms. The molecule has 1 aromatic rings. The topological polar surface area (TPSA) is 113 Å². The molecule has 4 N–H and O–H groups in total. The second-order valence-corrected chi connectivity index (χ2v) is 4.67. The Kier molecular flexibility index (Phi) is 4.14. The number of carbonyl (C=O) groups is 2. The van der Waals surface area contributed by atoms with Gasteiger partial charge in [-0.2, -0.15) is 0 Å². The number of nitrogens with two attached hydrogens (primary N) is 1. The van der Waals surface area contributed by atoms with Gasteiger partial charge >= 0.3 is 6.03 Å². The number of nitrogens with zero attached hydrogens (tertiary/aromatic N) is 3. The summed E-state index contributed by atoms with van der Waals surface area (Å²) in [7, 11) is 0. The number of carbonyl (C=O) groups excluding carboxylic acids is 2. The van der Waals surface area contributed by atoms with Crippen molar-refractivity contribution in [2.45, 2.75) is 39.3 Å². The lowest BCUT2D eigenvalue weighted by Crippen LogP contribution is -2.32. The van der Waals surface area contributed by atoms with Crippen LogP contribution >= 0.6 is 0 Å². The maximum atomic E-state index is 12.1. The number of nitrogens with one attached hydrogen (secondary N) is 2. The van der Waals surface area contributed by atoms with Crippen molar-refractivity contribution in [3.05, 3.63) is 17.6 Å². The average molecular weight is 278 g/mol. The van der Waals surface area contributed by atoms with E-state index in [-0.39, 0.29) is 12.5 Å². The zero-order valence-electron chi connectivity index (χ0n) is 11.5. The molecule has 2 rings (SSSR count). The Labute approximate surface area is 116 Å². The van der Waals surface area contributed by atoms with Crippen LogP contribution in [0.4, 0.5) is 10.6 Å². The first-order valence-corrected chi connectivity index (χ1v) is 6.48. The molecule has 3 amide bonds. The van der Waals surface area contributed by atoms with Gasteiger partial charge in [-0.05, 0) is 13.3 Å². The summed E-state index contributed by atoms with van der Waals surface area (Å²) in [6, 6.07) is 0.833. The molecule has 0 radical (unpaired) electrons. The monoisotopic (exact) mass is 278 g/mol. The minimum Gasteiger partial charge on any atom is -0.326 e. The van der Waals surface area contributed by atoms with Crippen LogP contribution < -0.4 is 16.6 Å². The van der Waals surface area contributed by atoms with Crippen LogP contribution in [-0.2, 0) is 11.3 Å². The van der Waals surface area contributed by atoms with Crippen molar-refractivity contribution in [3.63, 3.8) is 0 Å². The van der Waals surface area contributed by atoms with E-state index in [0.29, 0.717) is 23.8 Å². The van der Waals surface area contributed by atoms with Gasteiger partial charge in [0, 0.05) is 11.8 Å². The second-order valence-electron chi connectivity index (χ2n) is 4.67. The Morgan fingerprint density at radius 3 is 2.85 bits per heavy atom. The van der Waals surface area contributed by atoms with Crippen molar-refractivity contribution >= 4 is 17.8 Å². The molecular weight excluding hydrogens is 260 g/mol. The second kappa shape index (κ2) is 5.83. The van der Waals surface area contributed by atoms with Crippen LogP contribution in [0.2, 0.25) is 0 Å². The van der Waals surface area contributed by atoms with Crippen LogP contribution in [0.15, 0.2) is 6.07 Å². The standard InChI is InChI=1S/C12H18N6O2/c1-3-4-8-11(19)18(12(20)15-8)6-10-14-7(2)5-9(16-10)17-13/h5,8H,3-4,6,13H2,1-2H3,(H,15,20)(H,14,16,17). The molecule has 1 aliphatic rings. The molecule has 8 nitrogen and oxygen atoms in total. The number of amides is 3. The summed E-state index contributed by atoms with van der Waals surface area (Å²) in [6.45, 7) is 3.80. The summed E-state index contributed by atoms with van der Waals surface area (Å²) in [4.78, 5) is 33.4. The normalized spacial score (nSPS) is 18.4. The van der Waals surface area contributed by atoms with Gasteiger partial charge in [0.05, 0.1) is 6.54 Å². The van der Waals surface area contributed by atoms with E-state index < -0.39 is 12.1 Å². The van der Waals surface area contributed by atoms with E-state index in [1.165, 1.54) is 0 Å². The summed E-state index contributed by atoms with van der Waals surface area (Å²) in [6.07, 6.45) is 1.46. The molecule has 0 aliphatic carbocycles. The number of nitrogen functional groups attached to an aromatic ring is 1. The fourth-order valence-corrected chi connectivity index (χ4v) is 2.13. The molecule has 1 fully saturated rings. The zero-order chi connectivity index (χ0) is 14.7. The molecule has 108 valence electrons. The average Bonchev–Trinajstić information content (AvgIpc) is 2.66. The molecule has 0 bridgehead atoms. The van der Waals surface area contributed by atoms with Crippen molar-refractivity contribution in [1.29, 1.82) is 0 Å². The van der Waals surface area contributed by atoms with Gasteiger partial charge in [-0.25, -0.2) is 20.6 Å². The van der Waals surface area contributed by atoms with E-state index >= 15 is 0 Å². The van der Waals surface area contributed by atoms with Crippen LogP contribution in [0.25, 0.3) is 0 Å². The number of hydrogen-bond acceptors (Lipinski definition) is 6. The molecule has 0 spiro atoms. The summed E-state index contributed by atoms with van der Waals surface area (Å²) >= 11 is 0. The third kappa shape index (κ3) is 2.85. The lowest BCUT2D eigenvalue weighted by Gasteiger charge is -2.13. The molecule has 0 aromatic carbocycles. The van der Waals surface area contributed by atoms with Gasteiger partial charge in [0.25, 0.3) is 5.91 Å². The highest BCUT2D eigenvalue weighted by Crippen LogP contribution is 2.14. The van der Waals surface area contributed by atoms with Gasteiger partial charge in [-0.1, -0.05) is 13.3 Å². The Morgan fingerprint density at radius 2 is 2.20 bits per heavy atom. The molecule has 1 atom stereocenters. The lowest BCUT2D eigenvalue weighted by atomic mass is 10.2. The van der Waals surface area contributed by atoms with Gasteiger partial charge in [0.2, 0.25) is 0 Å².